The Morgan fingerprint density at radius 3 is 2.45 bits per heavy atom. The van der Waals surface area contributed by atoms with Gasteiger partial charge < -0.3 is 16.2 Å². The molecule has 1 heterocycles. The van der Waals surface area contributed by atoms with Crippen LogP contribution in [0.25, 0.3) is 0 Å². The van der Waals surface area contributed by atoms with Gasteiger partial charge in [-0.15, -0.1) is 0 Å². The molecule has 4 N–H and O–H groups in total. The van der Waals surface area contributed by atoms with Gasteiger partial charge in [-0.1, -0.05) is 13.8 Å². The number of carbonyl (C=O) groups is 2. The van der Waals surface area contributed by atoms with Gasteiger partial charge in [0.2, 0.25) is 5.82 Å². The van der Waals surface area contributed by atoms with Crippen molar-refractivity contribution in [3.8, 4) is 0 Å². The highest BCUT2D eigenvalue weighted by Gasteiger charge is 2.36. The van der Waals surface area contributed by atoms with Crippen molar-refractivity contribution in [2.24, 2.45) is 11.1 Å². The van der Waals surface area contributed by atoms with Crippen molar-refractivity contribution in [1.82, 2.24) is 4.98 Å². The number of carboxylic acids is 1. The Morgan fingerprint density at radius 1 is 1.45 bits per heavy atom. The highest BCUT2D eigenvalue weighted by atomic mass is 16.6. The number of nitrogens with two attached hydrogens (primary N) is 1. The minimum Gasteiger partial charge on any atom is -0.481 e. The molecule has 0 saturated heterocycles. The van der Waals surface area contributed by atoms with Crippen molar-refractivity contribution >= 4 is 23.4 Å². The van der Waals surface area contributed by atoms with Gasteiger partial charge in [-0.2, -0.15) is 0 Å². The number of carbonyl (C=O) groups excluding carboxylic acids is 1. The number of aromatic nitrogens is 1. The number of hydrogen-bond acceptors (Lipinski definition) is 6. The third-order valence-electron chi connectivity index (χ3n) is 3.77. The minimum atomic E-state index is -1.07. The zero-order chi connectivity index (χ0) is 16.9. The van der Waals surface area contributed by atoms with Gasteiger partial charge >= 0.3 is 11.7 Å². The fraction of sp³-hybridized carbons (Fsp3) is 0.462. The molecule has 1 amide bonds. The van der Waals surface area contributed by atoms with Crippen LogP contribution in [0, 0.1) is 15.5 Å². The Labute approximate surface area is 126 Å². The van der Waals surface area contributed by atoms with E-state index in [2.05, 4.69) is 10.3 Å². The fourth-order valence-electron chi connectivity index (χ4n) is 2.10. The molecule has 0 radical (unpaired) electrons. The summed E-state index contributed by atoms with van der Waals surface area (Å²) >= 11 is 0. The first-order valence-electron chi connectivity index (χ1n) is 6.69. The van der Waals surface area contributed by atoms with Gasteiger partial charge in [0.15, 0.2) is 0 Å². The second kappa shape index (κ2) is 6.83. The monoisotopic (exact) mass is 310 g/mol. The number of hydrogen-bond donors (Lipinski definition) is 3. The van der Waals surface area contributed by atoms with Gasteiger partial charge in [0, 0.05) is 12.7 Å². The van der Waals surface area contributed by atoms with E-state index in [1.54, 1.807) is 13.8 Å². The van der Waals surface area contributed by atoms with Crippen LogP contribution in [0.3, 0.4) is 0 Å². The molecule has 0 spiro atoms. The summed E-state index contributed by atoms with van der Waals surface area (Å²) < 4.78 is 0. The van der Waals surface area contributed by atoms with Crippen LogP contribution in [0.5, 0.6) is 0 Å². The van der Waals surface area contributed by atoms with Gasteiger partial charge in [-0.3, -0.25) is 19.7 Å². The molecule has 0 atom stereocenters. The standard InChI is InChI=1S/C13H18N4O5/c1-3-13(4-2,12(19)20)7-16-11-9(17(21)22)8(10(14)18)5-6-15-11/h5-6H,3-4,7H2,1-2H3,(H2,14,18)(H,15,16)(H,19,20). The number of carboxylic acid groups (broad SMARTS) is 1. The number of aliphatic carboxylic acids is 1. The summed E-state index contributed by atoms with van der Waals surface area (Å²) in [5.41, 5.74) is 3.20. The zero-order valence-electron chi connectivity index (χ0n) is 12.3. The molecule has 0 aliphatic rings. The maximum absolute atomic E-state index is 11.4. The molecule has 1 rings (SSSR count). The Hall–Kier alpha value is -2.71. The summed E-state index contributed by atoms with van der Waals surface area (Å²) in [4.78, 5) is 36.9. The number of nitro groups is 1. The van der Waals surface area contributed by atoms with Crippen molar-refractivity contribution in [3.63, 3.8) is 0 Å². The van der Waals surface area contributed by atoms with Gasteiger partial charge in [0.1, 0.15) is 5.56 Å². The summed E-state index contributed by atoms with van der Waals surface area (Å²) in [5, 5.41) is 23.2. The number of nitrogens with one attached hydrogen (secondary N) is 1. The maximum atomic E-state index is 11.4. The lowest BCUT2D eigenvalue weighted by atomic mass is 9.82. The van der Waals surface area contributed by atoms with Crippen LogP contribution >= 0.6 is 0 Å². The molecule has 0 unspecified atom stereocenters. The largest absolute Gasteiger partial charge is 0.481 e. The lowest BCUT2D eigenvalue weighted by Gasteiger charge is -2.27. The molecular formula is C13H18N4O5. The SMILES string of the molecule is CCC(CC)(CNc1nccc(C(N)=O)c1[N+](=O)[O-])C(=O)O. The number of pyridine rings is 1. The summed E-state index contributed by atoms with van der Waals surface area (Å²) in [5.74, 6) is -2.12. The van der Waals surface area contributed by atoms with E-state index in [1.165, 1.54) is 6.20 Å². The highest BCUT2D eigenvalue weighted by molar-refractivity contribution is 5.98. The van der Waals surface area contributed by atoms with Crippen LogP contribution in [0.1, 0.15) is 37.0 Å². The van der Waals surface area contributed by atoms with Crippen molar-refractivity contribution in [3.05, 3.63) is 27.9 Å². The molecule has 0 saturated carbocycles. The molecule has 0 aliphatic heterocycles. The molecule has 1 aromatic rings. The first-order chi connectivity index (χ1) is 10.3. The number of primary amides is 1. The number of amides is 1. The lowest BCUT2D eigenvalue weighted by Crippen LogP contribution is -2.37. The number of nitrogens with zero attached hydrogens (tertiary/aromatic N) is 2. The molecule has 22 heavy (non-hydrogen) atoms. The van der Waals surface area contributed by atoms with Crippen LogP contribution < -0.4 is 11.1 Å². The van der Waals surface area contributed by atoms with Crippen molar-refractivity contribution in [2.75, 3.05) is 11.9 Å². The van der Waals surface area contributed by atoms with E-state index < -0.39 is 27.9 Å². The van der Waals surface area contributed by atoms with Crippen molar-refractivity contribution < 1.29 is 19.6 Å². The van der Waals surface area contributed by atoms with E-state index in [1.807, 2.05) is 0 Å². The maximum Gasteiger partial charge on any atom is 0.324 e. The number of rotatable bonds is 8. The van der Waals surface area contributed by atoms with Gasteiger partial charge in [-0.25, -0.2) is 4.98 Å². The third kappa shape index (κ3) is 3.30. The van der Waals surface area contributed by atoms with Crippen LogP contribution in [-0.2, 0) is 4.79 Å². The Bertz CT molecular complexity index is 598. The quantitative estimate of drug-likeness (QED) is 0.485. The van der Waals surface area contributed by atoms with E-state index >= 15 is 0 Å². The van der Waals surface area contributed by atoms with E-state index in [9.17, 15) is 24.8 Å². The smallest absolute Gasteiger partial charge is 0.324 e. The topological polar surface area (TPSA) is 148 Å². The van der Waals surface area contributed by atoms with Crippen molar-refractivity contribution in [1.29, 1.82) is 0 Å². The van der Waals surface area contributed by atoms with Gasteiger partial charge in [0.05, 0.1) is 10.3 Å². The lowest BCUT2D eigenvalue weighted by molar-refractivity contribution is -0.384. The molecule has 0 fully saturated rings. The number of anilines is 1. The average molecular weight is 310 g/mol. The Balaban J connectivity index is 3.18. The highest BCUT2D eigenvalue weighted by Crippen LogP contribution is 2.30. The van der Waals surface area contributed by atoms with E-state index in [-0.39, 0.29) is 17.9 Å². The minimum absolute atomic E-state index is 0.0502. The summed E-state index contributed by atoms with van der Waals surface area (Å²) in [6.45, 7) is 3.40. The first-order valence-corrected chi connectivity index (χ1v) is 6.69. The predicted molar refractivity (Wildman–Crippen MR) is 78.5 cm³/mol. The van der Waals surface area contributed by atoms with Gasteiger partial charge in [-0.05, 0) is 18.9 Å². The first kappa shape index (κ1) is 17.3. The van der Waals surface area contributed by atoms with Crippen LogP contribution in [0.4, 0.5) is 11.5 Å². The van der Waals surface area contributed by atoms with Crippen molar-refractivity contribution in [2.45, 2.75) is 26.7 Å². The Morgan fingerprint density at radius 2 is 2.05 bits per heavy atom. The summed E-state index contributed by atoms with van der Waals surface area (Å²) in [6.07, 6.45) is 1.89. The predicted octanol–water partition coefficient (Wildman–Crippen LogP) is 1.39. The van der Waals surface area contributed by atoms with Crippen LogP contribution in [0.2, 0.25) is 0 Å². The average Bonchev–Trinajstić information content (AvgIpc) is 2.47. The molecule has 1 aromatic heterocycles. The summed E-state index contributed by atoms with van der Waals surface area (Å²) in [7, 11) is 0. The second-order valence-electron chi connectivity index (χ2n) is 4.82. The molecule has 0 aromatic carbocycles. The summed E-state index contributed by atoms with van der Waals surface area (Å²) in [6, 6.07) is 1.15. The molecule has 9 heteroatoms. The normalized spacial score (nSPS) is 11.0. The van der Waals surface area contributed by atoms with Gasteiger partial charge in [0.25, 0.3) is 5.91 Å². The van der Waals surface area contributed by atoms with E-state index in [0.717, 1.165) is 6.07 Å². The molecule has 120 valence electrons. The fourth-order valence-corrected chi connectivity index (χ4v) is 2.10. The van der Waals surface area contributed by atoms with Crippen LogP contribution in [0.15, 0.2) is 12.3 Å². The molecular weight excluding hydrogens is 292 g/mol. The molecule has 0 aliphatic carbocycles. The third-order valence-corrected chi connectivity index (χ3v) is 3.77. The Kier molecular flexibility index (Phi) is 5.39. The molecule has 9 nitrogen and oxygen atoms in total. The van der Waals surface area contributed by atoms with E-state index in [4.69, 9.17) is 5.73 Å². The molecule has 0 bridgehead atoms. The zero-order valence-corrected chi connectivity index (χ0v) is 12.3. The van der Waals surface area contributed by atoms with Crippen LogP contribution in [-0.4, -0.2) is 33.4 Å². The van der Waals surface area contributed by atoms with E-state index in [0.29, 0.717) is 12.8 Å². The second-order valence-corrected chi connectivity index (χ2v) is 4.82.